The Hall–Kier alpha value is -3.18. The molecule has 0 aliphatic rings. The van der Waals surface area contributed by atoms with Gasteiger partial charge in [0.2, 0.25) is 5.95 Å². The Morgan fingerprint density at radius 1 is 1.10 bits per heavy atom. The number of aliphatic hydroxyl groups is 1. The zero-order chi connectivity index (χ0) is 21.4. The van der Waals surface area contributed by atoms with Crippen molar-refractivity contribution in [1.29, 1.82) is 0 Å². The summed E-state index contributed by atoms with van der Waals surface area (Å²) in [7, 11) is -3.42. The molecule has 3 aromatic heterocycles. The number of hydrogen-bond donors (Lipinski definition) is 3. The zero-order valence-corrected chi connectivity index (χ0v) is 17.2. The van der Waals surface area contributed by atoms with Crippen molar-refractivity contribution in [3.8, 4) is 11.4 Å². The number of nitrogen functional groups attached to an aromatic ring is 1. The summed E-state index contributed by atoms with van der Waals surface area (Å²) in [5, 5.41) is 13.4. The summed E-state index contributed by atoms with van der Waals surface area (Å²) in [5.41, 5.74) is 6.03. The van der Waals surface area contributed by atoms with Gasteiger partial charge < -0.3 is 16.2 Å². The Bertz CT molecular complexity index is 1150. The second kappa shape index (κ2) is 7.33. The van der Waals surface area contributed by atoms with E-state index in [2.05, 4.69) is 30.2 Å². The molecule has 152 valence electrons. The van der Waals surface area contributed by atoms with Gasteiger partial charge in [-0.1, -0.05) is 0 Å². The maximum absolute atomic E-state index is 11.8. The topological polar surface area (TPSA) is 157 Å². The van der Waals surface area contributed by atoms with Gasteiger partial charge in [-0.25, -0.2) is 18.4 Å². The minimum Gasteiger partial charge on any atom is -0.386 e. The smallest absolute Gasteiger partial charge is 0.223 e. The number of nitrogens with two attached hydrogens (primary N) is 1. The van der Waals surface area contributed by atoms with Crippen LogP contribution in [-0.2, 0) is 15.4 Å². The number of rotatable bonds is 5. The van der Waals surface area contributed by atoms with Gasteiger partial charge in [0.05, 0.1) is 27.9 Å². The molecule has 3 heterocycles. The molecular formula is C18H21N7O3S. The van der Waals surface area contributed by atoms with Crippen molar-refractivity contribution in [2.75, 3.05) is 17.3 Å². The average molecular weight is 415 g/mol. The lowest BCUT2D eigenvalue weighted by Gasteiger charge is -2.20. The van der Waals surface area contributed by atoms with Gasteiger partial charge in [0.25, 0.3) is 0 Å². The van der Waals surface area contributed by atoms with Crippen LogP contribution in [0.4, 0.5) is 17.5 Å². The number of anilines is 3. The van der Waals surface area contributed by atoms with Gasteiger partial charge >= 0.3 is 0 Å². The number of aryl methyl sites for hydroxylation is 1. The van der Waals surface area contributed by atoms with E-state index in [1.54, 1.807) is 26.8 Å². The summed E-state index contributed by atoms with van der Waals surface area (Å²) in [6.07, 6.45) is 5.35. The third kappa shape index (κ3) is 4.81. The highest BCUT2D eigenvalue weighted by molar-refractivity contribution is 7.90. The fraction of sp³-hybridized carbons (Fsp3) is 0.278. The summed E-state index contributed by atoms with van der Waals surface area (Å²) in [6.45, 7) is 4.95. The molecule has 0 saturated heterocycles. The van der Waals surface area contributed by atoms with Crippen molar-refractivity contribution in [2.45, 2.75) is 31.3 Å². The van der Waals surface area contributed by atoms with E-state index in [-0.39, 0.29) is 16.7 Å². The number of pyridine rings is 2. The molecule has 0 fully saturated rings. The second-order valence-corrected chi connectivity index (χ2v) is 9.07. The zero-order valence-electron chi connectivity index (χ0n) is 16.4. The van der Waals surface area contributed by atoms with Crippen LogP contribution < -0.4 is 11.1 Å². The van der Waals surface area contributed by atoms with Gasteiger partial charge in [0, 0.05) is 24.2 Å². The average Bonchev–Trinajstić information content (AvgIpc) is 2.60. The molecule has 0 radical (unpaired) electrons. The molecule has 0 aliphatic carbocycles. The second-order valence-electron chi connectivity index (χ2n) is 7.05. The maximum atomic E-state index is 11.8. The normalized spacial score (nSPS) is 12.0. The lowest BCUT2D eigenvalue weighted by atomic mass is 9.98. The summed E-state index contributed by atoms with van der Waals surface area (Å²) in [4.78, 5) is 20.9. The molecule has 4 N–H and O–H groups in total. The number of nitrogens with zero attached hydrogens (tertiary/aromatic N) is 5. The molecule has 0 aliphatic heterocycles. The van der Waals surface area contributed by atoms with E-state index in [4.69, 9.17) is 5.73 Å². The van der Waals surface area contributed by atoms with Crippen LogP contribution in [0.1, 0.15) is 25.2 Å². The Kier molecular flexibility index (Phi) is 5.20. The molecule has 0 saturated carbocycles. The molecule has 0 bridgehead atoms. The number of aromatic nitrogens is 5. The predicted molar refractivity (Wildman–Crippen MR) is 108 cm³/mol. The van der Waals surface area contributed by atoms with Gasteiger partial charge in [-0.05, 0) is 32.9 Å². The van der Waals surface area contributed by atoms with Crippen molar-refractivity contribution in [3.63, 3.8) is 0 Å². The van der Waals surface area contributed by atoms with Crippen LogP contribution in [0.2, 0.25) is 0 Å². The van der Waals surface area contributed by atoms with Crippen LogP contribution in [-0.4, -0.2) is 44.7 Å². The van der Waals surface area contributed by atoms with Crippen LogP contribution in [0.3, 0.4) is 0 Å². The largest absolute Gasteiger partial charge is 0.386 e. The molecule has 0 unspecified atom stereocenters. The van der Waals surface area contributed by atoms with E-state index >= 15 is 0 Å². The summed E-state index contributed by atoms with van der Waals surface area (Å²) >= 11 is 0. The summed E-state index contributed by atoms with van der Waals surface area (Å²) < 4.78 is 23.6. The molecule has 0 spiro atoms. The minimum atomic E-state index is -3.42. The Labute approximate surface area is 168 Å². The van der Waals surface area contributed by atoms with Crippen LogP contribution in [0, 0.1) is 6.92 Å². The fourth-order valence-electron chi connectivity index (χ4n) is 2.52. The van der Waals surface area contributed by atoms with E-state index in [1.807, 2.05) is 0 Å². The van der Waals surface area contributed by atoms with E-state index in [0.29, 0.717) is 28.5 Å². The molecule has 11 heteroatoms. The predicted octanol–water partition coefficient (Wildman–Crippen LogP) is 1.59. The first kappa shape index (κ1) is 20.6. The number of nitrogens with one attached hydrogen (secondary N) is 1. The van der Waals surface area contributed by atoms with E-state index < -0.39 is 15.4 Å². The molecule has 3 rings (SSSR count). The van der Waals surface area contributed by atoms with Crippen LogP contribution in [0.5, 0.6) is 0 Å². The van der Waals surface area contributed by atoms with Gasteiger partial charge in [-0.2, -0.15) is 9.97 Å². The molecular weight excluding hydrogens is 394 g/mol. The van der Waals surface area contributed by atoms with Gasteiger partial charge in [0.15, 0.2) is 15.7 Å². The van der Waals surface area contributed by atoms with Crippen molar-refractivity contribution < 1.29 is 13.5 Å². The Balaban J connectivity index is 2.14. The Morgan fingerprint density at radius 3 is 2.45 bits per heavy atom. The first-order valence-corrected chi connectivity index (χ1v) is 10.5. The summed E-state index contributed by atoms with van der Waals surface area (Å²) in [6, 6.07) is 3.14. The molecule has 0 atom stereocenters. The number of sulfone groups is 1. The van der Waals surface area contributed by atoms with Crippen molar-refractivity contribution in [1.82, 2.24) is 24.9 Å². The van der Waals surface area contributed by atoms with E-state index in [1.165, 1.54) is 24.7 Å². The van der Waals surface area contributed by atoms with Crippen molar-refractivity contribution >= 4 is 27.3 Å². The van der Waals surface area contributed by atoms with Crippen LogP contribution in [0.15, 0.2) is 35.6 Å². The lowest BCUT2D eigenvalue weighted by Crippen LogP contribution is -2.16. The lowest BCUT2D eigenvalue weighted by molar-refractivity contribution is 0.0783. The first-order valence-electron chi connectivity index (χ1n) is 8.57. The highest BCUT2D eigenvalue weighted by Gasteiger charge is 2.21. The van der Waals surface area contributed by atoms with E-state index in [9.17, 15) is 13.5 Å². The van der Waals surface area contributed by atoms with Crippen molar-refractivity contribution in [2.24, 2.45) is 0 Å². The maximum Gasteiger partial charge on any atom is 0.223 e. The molecule has 3 aromatic rings. The Morgan fingerprint density at radius 2 is 1.83 bits per heavy atom. The highest BCUT2D eigenvalue weighted by Crippen LogP contribution is 2.31. The third-order valence-electron chi connectivity index (χ3n) is 4.00. The van der Waals surface area contributed by atoms with E-state index in [0.717, 1.165) is 6.26 Å². The fourth-order valence-corrected chi connectivity index (χ4v) is 3.11. The molecule has 10 nitrogen and oxygen atoms in total. The number of hydrogen-bond acceptors (Lipinski definition) is 10. The standard InChI is InChI=1S/C18H21N7O3S/c1-10-22-16(25-17(19)23-10)14-5-11(18(2,3)26)7-21-15(14)24-12-6-13(9-20-8-12)29(4,27)28/h5-9,26H,1-4H3,(H,21,24)(H2,19,22,23,25). The minimum absolute atomic E-state index is 0.0489. The molecule has 0 amide bonds. The van der Waals surface area contributed by atoms with Gasteiger partial charge in [0.1, 0.15) is 11.6 Å². The third-order valence-corrected chi connectivity index (χ3v) is 5.08. The molecule has 0 aromatic carbocycles. The SMILES string of the molecule is Cc1nc(N)nc(-c2cc(C(C)(C)O)cnc2Nc2cncc(S(C)(=O)=O)c2)n1. The van der Waals surface area contributed by atoms with Crippen molar-refractivity contribution in [3.05, 3.63) is 42.1 Å². The molecule has 29 heavy (non-hydrogen) atoms. The van der Waals surface area contributed by atoms with Crippen LogP contribution >= 0.6 is 0 Å². The quantitative estimate of drug-likeness (QED) is 0.559. The first-order chi connectivity index (χ1) is 13.4. The van der Waals surface area contributed by atoms with Gasteiger partial charge in [-0.15, -0.1) is 0 Å². The van der Waals surface area contributed by atoms with Crippen LogP contribution in [0.25, 0.3) is 11.4 Å². The highest BCUT2D eigenvalue weighted by atomic mass is 32.2. The van der Waals surface area contributed by atoms with Gasteiger partial charge in [-0.3, -0.25) is 4.98 Å². The summed E-state index contributed by atoms with van der Waals surface area (Å²) in [5.74, 6) is 1.08. The monoisotopic (exact) mass is 415 g/mol.